The number of carboxylic acids is 1. The molecule has 2 N–H and O–H groups in total. The Bertz CT molecular complexity index is 333. The number of hydrogen-bond donors (Lipinski definition) is 2. The molecule has 0 saturated carbocycles. The maximum atomic E-state index is 12.0. The zero-order valence-corrected chi connectivity index (χ0v) is 11.1. The van der Waals surface area contributed by atoms with Crippen LogP contribution in [0.2, 0.25) is 0 Å². The first-order valence-electron chi connectivity index (χ1n) is 5.98. The summed E-state index contributed by atoms with van der Waals surface area (Å²) in [6, 6.07) is 0. The molecule has 1 amide bonds. The van der Waals surface area contributed by atoms with E-state index in [1.165, 1.54) is 25.8 Å². The molecule has 18 heavy (non-hydrogen) atoms. The second-order valence-corrected chi connectivity index (χ2v) is 5.43. The Labute approximate surface area is 107 Å². The number of carbonyl (C=O) groups excluding carboxylic acids is 1. The number of rotatable bonds is 4. The third-order valence-corrected chi connectivity index (χ3v) is 3.37. The molecule has 1 fully saturated rings. The van der Waals surface area contributed by atoms with E-state index in [1.807, 2.05) is 0 Å². The molecule has 0 radical (unpaired) electrons. The van der Waals surface area contributed by atoms with Crippen LogP contribution in [0.1, 0.15) is 26.7 Å². The van der Waals surface area contributed by atoms with E-state index in [1.54, 1.807) is 0 Å². The van der Waals surface area contributed by atoms with Crippen molar-refractivity contribution in [3.63, 3.8) is 0 Å². The van der Waals surface area contributed by atoms with Gasteiger partial charge in [-0.3, -0.25) is 9.59 Å². The average Bonchev–Trinajstić information content (AvgIpc) is 2.28. The van der Waals surface area contributed by atoms with Crippen molar-refractivity contribution in [2.24, 2.45) is 5.41 Å². The number of hydrogen-bond acceptors (Lipinski definition) is 4. The summed E-state index contributed by atoms with van der Waals surface area (Å²) in [6.07, 6.45) is 0.913. The van der Waals surface area contributed by atoms with Gasteiger partial charge in [0.25, 0.3) is 0 Å². The van der Waals surface area contributed by atoms with Gasteiger partial charge in [0.15, 0.2) is 0 Å². The second kappa shape index (κ2) is 5.24. The number of aliphatic carboxylic acids is 1. The summed E-state index contributed by atoms with van der Waals surface area (Å²) in [6.45, 7) is 3.78. The molecular formula is C12H21NO5. The first-order chi connectivity index (χ1) is 8.19. The van der Waals surface area contributed by atoms with E-state index in [9.17, 15) is 14.7 Å². The van der Waals surface area contributed by atoms with Crippen LogP contribution in [-0.2, 0) is 14.3 Å². The predicted octanol–water partition coefficient (Wildman–Crippen LogP) is 0.0971. The smallest absolute Gasteiger partial charge is 0.318 e. The van der Waals surface area contributed by atoms with Crippen molar-refractivity contribution >= 4 is 11.9 Å². The Hall–Kier alpha value is -1.14. The topological polar surface area (TPSA) is 87.1 Å². The first-order valence-corrected chi connectivity index (χ1v) is 5.98. The van der Waals surface area contributed by atoms with Gasteiger partial charge < -0.3 is 19.8 Å². The molecule has 1 aliphatic rings. The van der Waals surface area contributed by atoms with Crippen molar-refractivity contribution in [3.05, 3.63) is 0 Å². The van der Waals surface area contributed by atoms with E-state index in [2.05, 4.69) is 0 Å². The second-order valence-electron chi connectivity index (χ2n) is 5.43. The van der Waals surface area contributed by atoms with Gasteiger partial charge in [0, 0.05) is 39.6 Å². The minimum Gasteiger partial charge on any atom is -0.480 e. The van der Waals surface area contributed by atoms with E-state index < -0.39 is 22.9 Å². The van der Waals surface area contributed by atoms with Gasteiger partial charge >= 0.3 is 5.97 Å². The number of nitrogens with zero attached hydrogens (tertiary/aromatic N) is 1. The molecule has 0 aromatic heterocycles. The van der Waals surface area contributed by atoms with Gasteiger partial charge in [0.2, 0.25) is 5.91 Å². The van der Waals surface area contributed by atoms with E-state index in [-0.39, 0.29) is 6.54 Å². The number of likely N-dealkylation sites (N-methyl/N-ethyl adjacent to an activating group) is 1. The molecule has 6 nitrogen and oxygen atoms in total. The number of carbonyl (C=O) groups is 2. The molecule has 0 aliphatic carbocycles. The molecule has 0 atom stereocenters. The third kappa shape index (κ3) is 3.20. The first kappa shape index (κ1) is 14.9. The van der Waals surface area contributed by atoms with Crippen molar-refractivity contribution in [1.29, 1.82) is 0 Å². The number of amides is 1. The van der Waals surface area contributed by atoms with Crippen LogP contribution in [0.4, 0.5) is 0 Å². The standard InChI is InChI=1S/C12H21NO5/c1-11(2,10(15)16)9(14)13(3)8-12(17)4-6-18-7-5-12/h17H,4-8H2,1-3H3,(H,15,16). The fourth-order valence-corrected chi connectivity index (χ4v) is 1.99. The normalized spacial score (nSPS) is 19.3. The molecular weight excluding hydrogens is 238 g/mol. The Kier molecular flexibility index (Phi) is 4.34. The van der Waals surface area contributed by atoms with Crippen LogP contribution in [0.5, 0.6) is 0 Å². The highest BCUT2D eigenvalue weighted by Crippen LogP contribution is 2.24. The van der Waals surface area contributed by atoms with Crippen molar-refractivity contribution in [2.45, 2.75) is 32.3 Å². The van der Waals surface area contributed by atoms with Crippen LogP contribution in [0.15, 0.2) is 0 Å². The molecule has 6 heteroatoms. The highest BCUT2D eigenvalue weighted by Gasteiger charge is 2.41. The largest absolute Gasteiger partial charge is 0.480 e. The minimum absolute atomic E-state index is 0.131. The SMILES string of the molecule is CN(CC1(O)CCOCC1)C(=O)C(C)(C)C(=O)O. The fraction of sp³-hybridized carbons (Fsp3) is 0.833. The van der Waals surface area contributed by atoms with Gasteiger partial charge in [-0.1, -0.05) is 0 Å². The summed E-state index contributed by atoms with van der Waals surface area (Å²) in [5, 5.41) is 19.3. The lowest BCUT2D eigenvalue weighted by Gasteiger charge is -2.37. The van der Waals surface area contributed by atoms with Gasteiger partial charge in [-0.05, 0) is 13.8 Å². The quantitative estimate of drug-likeness (QED) is 0.699. The Morgan fingerprint density at radius 1 is 1.33 bits per heavy atom. The lowest BCUT2D eigenvalue weighted by Crippen LogP contribution is -2.51. The Balaban J connectivity index is 2.67. The summed E-state index contributed by atoms with van der Waals surface area (Å²) in [5.41, 5.74) is -2.45. The van der Waals surface area contributed by atoms with Crippen LogP contribution < -0.4 is 0 Å². The molecule has 0 aromatic rings. The molecule has 0 bridgehead atoms. The van der Waals surface area contributed by atoms with Crippen LogP contribution >= 0.6 is 0 Å². The van der Waals surface area contributed by atoms with Crippen molar-refractivity contribution < 1.29 is 24.5 Å². The van der Waals surface area contributed by atoms with E-state index in [4.69, 9.17) is 9.84 Å². The van der Waals surface area contributed by atoms with Crippen LogP contribution in [0, 0.1) is 5.41 Å². The average molecular weight is 259 g/mol. The molecule has 1 rings (SSSR count). The lowest BCUT2D eigenvalue weighted by molar-refractivity contribution is -0.160. The predicted molar refractivity (Wildman–Crippen MR) is 64.1 cm³/mol. The third-order valence-electron chi connectivity index (χ3n) is 3.37. The number of aliphatic hydroxyl groups is 1. The van der Waals surface area contributed by atoms with Gasteiger partial charge in [0.05, 0.1) is 5.60 Å². The summed E-state index contributed by atoms with van der Waals surface area (Å²) < 4.78 is 5.15. The molecule has 104 valence electrons. The monoisotopic (exact) mass is 259 g/mol. The fourth-order valence-electron chi connectivity index (χ4n) is 1.99. The van der Waals surface area contributed by atoms with Crippen LogP contribution in [0.25, 0.3) is 0 Å². The maximum Gasteiger partial charge on any atom is 0.318 e. The lowest BCUT2D eigenvalue weighted by atomic mass is 9.89. The highest BCUT2D eigenvalue weighted by atomic mass is 16.5. The van der Waals surface area contributed by atoms with Crippen molar-refractivity contribution in [2.75, 3.05) is 26.8 Å². The maximum absolute atomic E-state index is 12.0. The van der Waals surface area contributed by atoms with Crippen LogP contribution in [-0.4, -0.2) is 59.4 Å². The zero-order chi connectivity index (χ0) is 14.0. The molecule has 1 aliphatic heterocycles. The zero-order valence-electron chi connectivity index (χ0n) is 11.1. The van der Waals surface area contributed by atoms with Crippen molar-refractivity contribution in [3.8, 4) is 0 Å². The summed E-state index contributed by atoms with van der Waals surface area (Å²) in [7, 11) is 1.51. The Morgan fingerprint density at radius 2 is 1.83 bits per heavy atom. The Morgan fingerprint density at radius 3 is 2.28 bits per heavy atom. The number of carboxylic acid groups (broad SMARTS) is 1. The highest BCUT2D eigenvalue weighted by molar-refractivity contribution is 6.00. The van der Waals surface area contributed by atoms with Gasteiger partial charge in [0.1, 0.15) is 5.41 Å². The van der Waals surface area contributed by atoms with Gasteiger partial charge in [-0.2, -0.15) is 0 Å². The minimum atomic E-state index is -1.48. The molecule has 0 spiro atoms. The summed E-state index contributed by atoms with van der Waals surface area (Å²) in [4.78, 5) is 24.3. The number of ether oxygens (including phenoxy) is 1. The molecule has 0 aromatic carbocycles. The van der Waals surface area contributed by atoms with Gasteiger partial charge in [-0.25, -0.2) is 0 Å². The van der Waals surface area contributed by atoms with E-state index >= 15 is 0 Å². The molecule has 1 heterocycles. The van der Waals surface area contributed by atoms with E-state index in [0.717, 1.165) is 0 Å². The molecule has 0 unspecified atom stereocenters. The summed E-state index contributed by atoms with van der Waals surface area (Å²) >= 11 is 0. The van der Waals surface area contributed by atoms with Crippen LogP contribution in [0.3, 0.4) is 0 Å². The van der Waals surface area contributed by atoms with Crippen molar-refractivity contribution in [1.82, 2.24) is 4.90 Å². The summed E-state index contributed by atoms with van der Waals surface area (Å²) in [5.74, 6) is -1.67. The van der Waals surface area contributed by atoms with E-state index in [0.29, 0.717) is 26.1 Å². The van der Waals surface area contributed by atoms with Gasteiger partial charge in [-0.15, -0.1) is 0 Å². The molecule has 1 saturated heterocycles.